The van der Waals surface area contributed by atoms with Crippen LogP contribution in [0.5, 0.6) is 0 Å². The van der Waals surface area contributed by atoms with Gasteiger partial charge in [0.25, 0.3) is 0 Å². The first-order valence-corrected chi connectivity index (χ1v) is 3.33. The number of hydrogen-bond donors (Lipinski definition) is 2. The smallest absolute Gasteiger partial charge is 0.423 e. The lowest BCUT2D eigenvalue weighted by Crippen LogP contribution is -2.30. The molecule has 0 fully saturated rings. The van der Waals surface area contributed by atoms with E-state index in [1.165, 1.54) is 12.4 Å². The summed E-state index contributed by atoms with van der Waals surface area (Å²) in [7, 11) is -1.49. The summed E-state index contributed by atoms with van der Waals surface area (Å²) in [5, 5.41) is 17.1. The lowest BCUT2D eigenvalue weighted by Gasteiger charge is -1.95. The highest BCUT2D eigenvalue weighted by molar-refractivity contribution is 9.10. The van der Waals surface area contributed by atoms with Crippen molar-refractivity contribution in [2.45, 2.75) is 0 Å². The molecule has 0 aliphatic rings. The summed E-state index contributed by atoms with van der Waals surface area (Å²) in [5.74, 6) is 0. The number of aromatic nitrogens is 2. The molecular weight excluding hydrogens is 199 g/mol. The molecule has 0 aliphatic heterocycles. The molecule has 2 N–H and O–H groups in total. The van der Waals surface area contributed by atoms with Crippen LogP contribution in [0.2, 0.25) is 0 Å². The number of rotatable bonds is 1. The summed E-state index contributed by atoms with van der Waals surface area (Å²) >= 11 is 3.01. The molecule has 0 bridgehead atoms. The maximum atomic E-state index is 8.57. The Morgan fingerprint density at radius 1 is 1.30 bits per heavy atom. The molecule has 0 amide bonds. The Balaban J connectivity index is 2.89. The number of halogens is 1. The molecule has 0 aromatic carbocycles. The first kappa shape index (κ1) is 7.65. The summed E-state index contributed by atoms with van der Waals surface area (Å²) < 4.78 is 0.428. The van der Waals surface area contributed by atoms with Crippen molar-refractivity contribution in [3.63, 3.8) is 0 Å². The predicted molar refractivity (Wildman–Crippen MR) is 39.6 cm³/mol. The summed E-state index contributed by atoms with van der Waals surface area (Å²) in [6, 6.07) is 0. The Kier molecular flexibility index (Phi) is 2.36. The minimum absolute atomic E-state index is 0.281. The molecule has 0 radical (unpaired) electrons. The monoisotopic (exact) mass is 202 g/mol. The molecule has 1 aromatic rings. The summed E-state index contributed by atoms with van der Waals surface area (Å²) in [6.07, 6.45) is 2.67. The Hall–Kier alpha value is -0.455. The molecule has 10 heavy (non-hydrogen) atoms. The molecular formula is C4H4BBrN2O2. The van der Waals surface area contributed by atoms with E-state index in [9.17, 15) is 0 Å². The third kappa shape index (κ3) is 1.76. The molecule has 6 heteroatoms. The van der Waals surface area contributed by atoms with E-state index >= 15 is 0 Å². The van der Waals surface area contributed by atoms with Crippen LogP contribution in [0.3, 0.4) is 0 Å². The molecule has 0 atom stereocenters. The van der Waals surface area contributed by atoms with Gasteiger partial charge >= 0.3 is 7.12 Å². The molecule has 1 heterocycles. The second-order valence-electron chi connectivity index (χ2n) is 1.66. The number of hydrogen-bond acceptors (Lipinski definition) is 4. The fourth-order valence-corrected chi connectivity index (χ4v) is 0.660. The van der Waals surface area contributed by atoms with Gasteiger partial charge in [0.2, 0.25) is 0 Å². The highest BCUT2D eigenvalue weighted by atomic mass is 79.9. The summed E-state index contributed by atoms with van der Waals surface area (Å²) in [5.41, 5.74) is 0.281. The zero-order valence-corrected chi connectivity index (χ0v) is 6.48. The van der Waals surface area contributed by atoms with Gasteiger partial charge in [-0.15, -0.1) is 0 Å². The van der Waals surface area contributed by atoms with Gasteiger partial charge in [0.1, 0.15) is 0 Å². The van der Waals surface area contributed by atoms with Gasteiger partial charge in [0.05, 0.1) is 0 Å². The van der Waals surface area contributed by atoms with Crippen LogP contribution in [0.1, 0.15) is 0 Å². The van der Waals surface area contributed by atoms with Crippen molar-refractivity contribution in [1.29, 1.82) is 0 Å². The van der Waals surface area contributed by atoms with E-state index in [0.717, 1.165) is 0 Å². The third-order valence-corrected chi connectivity index (χ3v) is 1.35. The quantitative estimate of drug-likeness (QED) is 0.449. The van der Waals surface area contributed by atoms with Gasteiger partial charge in [-0.1, -0.05) is 0 Å². The topological polar surface area (TPSA) is 66.2 Å². The maximum Gasteiger partial charge on any atom is 0.491 e. The lowest BCUT2D eigenvalue weighted by atomic mass is 9.83. The van der Waals surface area contributed by atoms with Crippen molar-refractivity contribution < 1.29 is 10.0 Å². The van der Waals surface area contributed by atoms with Crippen LogP contribution in [0.15, 0.2) is 17.1 Å². The predicted octanol–water partition coefficient (Wildman–Crippen LogP) is -1.08. The van der Waals surface area contributed by atoms with Gasteiger partial charge in [-0.05, 0) is 15.9 Å². The standard InChI is InChI=1S/C4H4BBrN2O2/c6-4-7-1-3(2-8-4)5(9)10/h1-2,9-10H. The highest BCUT2D eigenvalue weighted by Crippen LogP contribution is 1.94. The SMILES string of the molecule is OB(O)c1cnc(Br)nc1. The number of nitrogens with zero attached hydrogens (tertiary/aromatic N) is 2. The molecule has 0 unspecified atom stereocenters. The van der Waals surface area contributed by atoms with Gasteiger partial charge in [0.15, 0.2) is 4.73 Å². The van der Waals surface area contributed by atoms with Crippen LogP contribution in [-0.2, 0) is 0 Å². The van der Waals surface area contributed by atoms with E-state index in [2.05, 4.69) is 25.9 Å². The van der Waals surface area contributed by atoms with Crippen molar-refractivity contribution in [2.75, 3.05) is 0 Å². The second-order valence-corrected chi connectivity index (χ2v) is 2.37. The first-order chi connectivity index (χ1) is 4.70. The van der Waals surface area contributed by atoms with Gasteiger partial charge in [0, 0.05) is 17.9 Å². The fraction of sp³-hybridized carbons (Fsp3) is 0. The Labute approximate surface area is 66.2 Å². The molecule has 0 saturated heterocycles. The first-order valence-electron chi connectivity index (χ1n) is 2.54. The molecule has 4 nitrogen and oxygen atoms in total. The van der Waals surface area contributed by atoms with Gasteiger partial charge in [-0.3, -0.25) is 0 Å². The van der Waals surface area contributed by atoms with Crippen molar-refractivity contribution in [2.24, 2.45) is 0 Å². The van der Waals surface area contributed by atoms with Crippen LogP contribution in [0.25, 0.3) is 0 Å². The Morgan fingerprint density at radius 2 is 1.80 bits per heavy atom. The van der Waals surface area contributed by atoms with Crippen molar-refractivity contribution >= 4 is 28.5 Å². The Bertz CT molecular complexity index is 215. The van der Waals surface area contributed by atoms with Crippen LogP contribution in [-0.4, -0.2) is 27.1 Å². The second kappa shape index (κ2) is 3.09. The zero-order chi connectivity index (χ0) is 7.56. The normalized spacial score (nSPS) is 9.50. The van der Waals surface area contributed by atoms with Gasteiger partial charge < -0.3 is 10.0 Å². The van der Waals surface area contributed by atoms with E-state index in [1.54, 1.807) is 0 Å². The lowest BCUT2D eigenvalue weighted by molar-refractivity contribution is 0.425. The van der Waals surface area contributed by atoms with Crippen molar-refractivity contribution in [3.05, 3.63) is 17.1 Å². The highest BCUT2D eigenvalue weighted by Gasteiger charge is 2.10. The molecule has 0 saturated carbocycles. The molecule has 52 valence electrons. The van der Waals surface area contributed by atoms with E-state index in [4.69, 9.17) is 10.0 Å². The molecule has 0 spiro atoms. The summed E-state index contributed by atoms with van der Waals surface area (Å²) in [6.45, 7) is 0. The van der Waals surface area contributed by atoms with Crippen LogP contribution < -0.4 is 5.46 Å². The maximum absolute atomic E-state index is 8.57. The van der Waals surface area contributed by atoms with E-state index in [0.29, 0.717) is 4.73 Å². The van der Waals surface area contributed by atoms with Crippen LogP contribution in [0, 0.1) is 0 Å². The minimum Gasteiger partial charge on any atom is -0.423 e. The molecule has 0 aliphatic carbocycles. The average Bonchev–Trinajstić information content (AvgIpc) is 1.88. The van der Waals surface area contributed by atoms with E-state index < -0.39 is 7.12 Å². The van der Waals surface area contributed by atoms with E-state index in [-0.39, 0.29) is 5.46 Å². The zero-order valence-electron chi connectivity index (χ0n) is 4.90. The molecule has 1 aromatic heterocycles. The van der Waals surface area contributed by atoms with Gasteiger partial charge in [-0.25, -0.2) is 9.97 Å². The van der Waals surface area contributed by atoms with Gasteiger partial charge in [-0.2, -0.15) is 0 Å². The van der Waals surface area contributed by atoms with Crippen LogP contribution in [0.4, 0.5) is 0 Å². The van der Waals surface area contributed by atoms with E-state index in [1.807, 2.05) is 0 Å². The molecule has 1 rings (SSSR count). The minimum atomic E-state index is -1.49. The third-order valence-electron chi connectivity index (χ3n) is 0.938. The van der Waals surface area contributed by atoms with Crippen LogP contribution >= 0.6 is 15.9 Å². The van der Waals surface area contributed by atoms with Crippen molar-refractivity contribution in [1.82, 2.24) is 9.97 Å². The Morgan fingerprint density at radius 3 is 2.20 bits per heavy atom. The van der Waals surface area contributed by atoms with Crippen molar-refractivity contribution in [3.8, 4) is 0 Å². The largest absolute Gasteiger partial charge is 0.491 e. The average molecular weight is 203 g/mol. The summed E-state index contributed by atoms with van der Waals surface area (Å²) in [4.78, 5) is 7.37. The fourth-order valence-electron chi connectivity index (χ4n) is 0.456.